The Labute approximate surface area is 162 Å². The van der Waals surface area contributed by atoms with Crippen LogP contribution in [0.15, 0.2) is 66.4 Å². The lowest BCUT2D eigenvalue weighted by atomic mass is 9.86. The van der Waals surface area contributed by atoms with Crippen molar-refractivity contribution in [2.24, 2.45) is 0 Å². The molecule has 0 N–H and O–H groups in total. The molecule has 0 amide bonds. The van der Waals surface area contributed by atoms with Crippen molar-refractivity contribution in [2.75, 3.05) is 0 Å². The standard InChI is InChI=1S/C23H28F2OSi/c1-22(2,3)27(4,5)26-19-16-23(24,25)21(18-14-10-7-11-15-18)20(19)17-12-8-6-9-13-17/h6-15,21H,16H2,1-5H3. The second-order valence-corrected chi connectivity index (χ2v) is 13.6. The van der Waals surface area contributed by atoms with Crippen molar-refractivity contribution in [1.29, 1.82) is 0 Å². The zero-order chi connectivity index (χ0) is 19.9. The van der Waals surface area contributed by atoms with Crippen LogP contribution in [0.3, 0.4) is 0 Å². The topological polar surface area (TPSA) is 9.23 Å². The van der Waals surface area contributed by atoms with Crippen molar-refractivity contribution in [3.8, 4) is 0 Å². The van der Waals surface area contributed by atoms with Crippen LogP contribution >= 0.6 is 0 Å². The summed E-state index contributed by atoms with van der Waals surface area (Å²) in [6.45, 7) is 10.6. The number of allylic oxidation sites excluding steroid dienone is 2. The van der Waals surface area contributed by atoms with Crippen LogP contribution in [0, 0.1) is 0 Å². The van der Waals surface area contributed by atoms with Crippen molar-refractivity contribution >= 4 is 13.9 Å². The zero-order valence-electron chi connectivity index (χ0n) is 16.7. The second-order valence-electron chi connectivity index (χ2n) is 8.85. The third kappa shape index (κ3) is 3.86. The van der Waals surface area contributed by atoms with Crippen LogP contribution < -0.4 is 0 Å². The van der Waals surface area contributed by atoms with Crippen molar-refractivity contribution in [2.45, 2.75) is 57.2 Å². The van der Waals surface area contributed by atoms with Crippen molar-refractivity contribution in [1.82, 2.24) is 0 Å². The Morgan fingerprint density at radius 1 is 0.926 bits per heavy atom. The summed E-state index contributed by atoms with van der Waals surface area (Å²) in [5.74, 6) is -3.39. The molecular weight excluding hydrogens is 358 g/mol. The van der Waals surface area contributed by atoms with Gasteiger partial charge in [0.1, 0.15) is 0 Å². The largest absolute Gasteiger partial charge is 0.546 e. The summed E-state index contributed by atoms with van der Waals surface area (Å²) < 4.78 is 36.9. The SMILES string of the molecule is CC(C)(C)[Si](C)(C)OC1=C(c2ccccc2)C(c2ccccc2)C(F)(F)C1. The van der Waals surface area contributed by atoms with Gasteiger partial charge in [0, 0.05) is 5.57 Å². The quantitative estimate of drug-likeness (QED) is 0.503. The minimum Gasteiger partial charge on any atom is -0.546 e. The third-order valence-electron chi connectivity index (χ3n) is 5.81. The van der Waals surface area contributed by atoms with Crippen LogP contribution in [0.1, 0.15) is 44.2 Å². The van der Waals surface area contributed by atoms with E-state index in [-0.39, 0.29) is 11.5 Å². The molecule has 0 aliphatic heterocycles. The highest BCUT2D eigenvalue weighted by Gasteiger charge is 2.53. The molecule has 144 valence electrons. The molecule has 2 aromatic rings. The number of hydrogen-bond donors (Lipinski definition) is 0. The number of alkyl halides is 2. The molecule has 0 spiro atoms. The van der Waals surface area contributed by atoms with Gasteiger partial charge in [0.15, 0.2) is 0 Å². The Hall–Kier alpha value is -1.94. The van der Waals surface area contributed by atoms with Crippen molar-refractivity contribution in [3.63, 3.8) is 0 Å². The van der Waals surface area contributed by atoms with Crippen LogP contribution in [0.5, 0.6) is 0 Å². The highest BCUT2D eigenvalue weighted by atomic mass is 28.4. The van der Waals surface area contributed by atoms with Gasteiger partial charge < -0.3 is 4.43 Å². The fourth-order valence-electron chi connectivity index (χ4n) is 3.34. The van der Waals surface area contributed by atoms with Gasteiger partial charge in [0.2, 0.25) is 8.32 Å². The van der Waals surface area contributed by atoms with E-state index >= 15 is 8.78 Å². The number of rotatable bonds is 4. The molecule has 1 aliphatic rings. The van der Waals surface area contributed by atoms with Crippen LogP contribution in [0.2, 0.25) is 18.1 Å². The number of halogens is 2. The molecule has 0 radical (unpaired) electrons. The van der Waals surface area contributed by atoms with E-state index in [1.54, 1.807) is 12.1 Å². The predicted molar refractivity (Wildman–Crippen MR) is 110 cm³/mol. The van der Waals surface area contributed by atoms with Gasteiger partial charge in [0.25, 0.3) is 5.92 Å². The van der Waals surface area contributed by atoms with E-state index < -0.39 is 20.2 Å². The monoisotopic (exact) mass is 386 g/mol. The Morgan fingerprint density at radius 2 is 1.44 bits per heavy atom. The van der Waals surface area contributed by atoms with Crippen LogP contribution in [0.25, 0.3) is 5.57 Å². The van der Waals surface area contributed by atoms with Crippen LogP contribution in [-0.2, 0) is 4.43 Å². The Balaban J connectivity index is 2.16. The lowest BCUT2D eigenvalue weighted by molar-refractivity contribution is -0.00640. The maximum Gasteiger partial charge on any atom is 0.265 e. The fourth-order valence-corrected chi connectivity index (χ4v) is 4.44. The third-order valence-corrected chi connectivity index (χ3v) is 10.2. The summed E-state index contributed by atoms with van der Waals surface area (Å²) in [6.07, 6.45) is -0.344. The molecule has 1 atom stereocenters. The molecule has 0 saturated carbocycles. The van der Waals surface area contributed by atoms with E-state index in [1.165, 1.54) is 0 Å². The Bertz CT molecular complexity index is 820. The molecule has 0 fully saturated rings. The van der Waals surface area contributed by atoms with Crippen LogP contribution in [-0.4, -0.2) is 14.2 Å². The molecule has 1 aliphatic carbocycles. The van der Waals surface area contributed by atoms with Crippen molar-refractivity contribution < 1.29 is 13.2 Å². The average Bonchev–Trinajstić information content (AvgIpc) is 2.85. The molecular formula is C23H28F2OSi. The van der Waals surface area contributed by atoms with Gasteiger partial charge in [-0.2, -0.15) is 0 Å². The first kappa shape index (κ1) is 19.8. The lowest BCUT2D eigenvalue weighted by Crippen LogP contribution is -2.40. The van der Waals surface area contributed by atoms with Gasteiger partial charge in [-0.1, -0.05) is 81.4 Å². The normalized spacial score (nSPS) is 20.0. The summed E-state index contributed by atoms with van der Waals surface area (Å²) in [6, 6.07) is 18.6. The molecule has 0 heterocycles. The van der Waals surface area contributed by atoms with Gasteiger partial charge in [-0.25, -0.2) is 8.78 Å². The first-order valence-corrected chi connectivity index (χ1v) is 12.3. The van der Waals surface area contributed by atoms with E-state index in [2.05, 4.69) is 33.9 Å². The van der Waals surface area contributed by atoms with E-state index in [9.17, 15) is 0 Å². The molecule has 27 heavy (non-hydrogen) atoms. The first-order valence-electron chi connectivity index (χ1n) is 9.43. The summed E-state index contributed by atoms with van der Waals surface area (Å²) in [4.78, 5) is 0. The molecule has 4 heteroatoms. The predicted octanol–water partition coefficient (Wildman–Crippen LogP) is 7.24. The minimum absolute atomic E-state index is 0.0537. The summed E-state index contributed by atoms with van der Waals surface area (Å²) in [7, 11) is -2.23. The fraction of sp³-hybridized carbons (Fsp3) is 0.391. The van der Waals surface area contributed by atoms with E-state index in [1.807, 2.05) is 48.5 Å². The molecule has 0 aromatic heterocycles. The molecule has 1 unspecified atom stereocenters. The highest BCUT2D eigenvalue weighted by Crippen LogP contribution is 2.55. The van der Waals surface area contributed by atoms with Crippen LogP contribution in [0.4, 0.5) is 8.78 Å². The minimum atomic E-state index is -2.87. The van der Waals surface area contributed by atoms with E-state index in [0.29, 0.717) is 16.9 Å². The van der Waals surface area contributed by atoms with Gasteiger partial charge in [0.05, 0.1) is 18.1 Å². The van der Waals surface area contributed by atoms with E-state index in [0.717, 1.165) is 5.56 Å². The molecule has 0 bridgehead atoms. The summed E-state index contributed by atoms with van der Waals surface area (Å²) >= 11 is 0. The van der Waals surface area contributed by atoms with Gasteiger partial charge >= 0.3 is 0 Å². The Morgan fingerprint density at radius 3 is 1.96 bits per heavy atom. The molecule has 2 aromatic carbocycles. The molecule has 1 nitrogen and oxygen atoms in total. The maximum absolute atomic E-state index is 15.2. The molecule has 0 saturated heterocycles. The van der Waals surface area contributed by atoms with Gasteiger partial charge in [-0.3, -0.25) is 0 Å². The zero-order valence-corrected chi connectivity index (χ0v) is 17.7. The Kier molecular flexibility index (Phi) is 5.06. The first-order chi connectivity index (χ1) is 12.5. The summed E-state index contributed by atoms with van der Waals surface area (Å²) in [5, 5.41) is -0.0537. The lowest BCUT2D eigenvalue weighted by Gasteiger charge is -2.37. The van der Waals surface area contributed by atoms with Crippen molar-refractivity contribution in [3.05, 3.63) is 77.5 Å². The highest BCUT2D eigenvalue weighted by molar-refractivity contribution is 6.74. The number of benzene rings is 2. The maximum atomic E-state index is 15.2. The van der Waals surface area contributed by atoms with Gasteiger partial charge in [-0.15, -0.1) is 0 Å². The van der Waals surface area contributed by atoms with Gasteiger partial charge in [-0.05, 0) is 29.3 Å². The molecule has 3 rings (SSSR count). The average molecular weight is 387 g/mol. The van der Waals surface area contributed by atoms with E-state index in [4.69, 9.17) is 4.43 Å². The second kappa shape index (κ2) is 6.90. The summed E-state index contributed by atoms with van der Waals surface area (Å²) in [5.41, 5.74) is 2.09. The smallest absolute Gasteiger partial charge is 0.265 e. The number of hydrogen-bond acceptors (Lipinski definition) is 1.